The van der Waals surface area contributed by atoms with Gasteiger partial charge in [0.15, 0.2) is 11.5 Å². The molecule has 0 aliphatic carbocycles. The molecule has 1 heterocycles. The molecule has 0 saturated carbocycles. The number of para-hydroxylation sites is 1. The quantitative estimate of drug-likeness (QED) is 0.666. The van der Waals surface area contributed by atoms with Crippen molar-refractivity contribution in [3.8, 4) is 11.5 Å². The van der Waals surface area contributed by atoms with Crippen molar-refractivity contribution in [1.29, 1.82) is 0 Å². The molecule has 0 unspecified atom stereocenters. The van der Waals surface area contributed by atoms with Crippen LogP contribution >= 0.6 is 0 Å². The number of carbonyl (C=O) groups is 2. The monoisotopic (exact) mass is 425 g/mol. The van der Waals surface area contributed by atoms with E-state index in [4.69, 9.17) is 9.47 Å². The summed E-state index contributed by atoms with van der Waals surface area (Å²) in [5, 5.41) is 2.89. The molecule has 0 bridgehead atoms. The molecule has 1 aliphatic heterocycles. The van der Waals surface area contributed by atoms with E-state index in [1.165, 1.54) is 5.56 Å². The molecule has 7 heteroatoms. The van der Waals surface area contributed by atoms with Gasteiger partial charge in [-0.25, -0.2) is 0 Å². The van der Waals surface area contributed by atoms with E-state index in [9.17, 15) is 9.59 Å². The van der Waals surface area contributed by atoms with E-state index in [0.717, 1.165) is 12.0 Å². The van der Waals surface area contributed by atoms with Gasteiger partial charge in [-0.15, -0.1) is 0 Å². The number of hydrogen-bond acceptors (Lipinski definition) is 5. The van der Waals surface area contributed by atoms with Crippen LogP contribution in [0.25, 0.3) is 0 Å². The zero-order valence-electron chi connectivity index (χ0n) is 18.5. The first kappa shape index (κ1) is 22.6. The van der Waals surface area contributed by atoms with Crippen LogP contribution in [-0.4, -0.2) is 68.6 Å². The molecule has 1 atom stereocenters. The minimum atomic E-state index is -0.517. The highest BCUT2D eigenvalue weighted by Crippen LogP contribution is 2.32. The van der Waals surface area contributed by atoms with Gasteiger partial charge in [0.1, 0.15) is 0 Å². The summed E-state index contributed by atoms with van der Waals surface area (Å²) < 4.78 is 10.9. The normalized spacial score (nSPS) is 16.5. The van der Waals surface area contributed by atoms with E-state index in [1.54, 1.807) is 26.2 Å². The SMILES string of the molecule is COc1cccc(CN2CCNC(=O)[C@H]2CC(=O)N(C)CCc2ccccc2)c1OC. The lowest BCUT2D eigenvalue weighted by Gasteiger charge is -2.35. The molecule has 7 nitrogen and oxygen atoms in total. The number of ether oxygens (including phenoxy) is 2. The number of rotatable bonds is 9. The molecule has 2 aromatic rings. The first-order valence-electron chi connectivity index (χ1n) is 10.5. The standard InChI is InChI=1S/C24H31N3O4/c1-26(14-12-18-8-5-4-6-9-18)22(28)16-20-24(29)25-13-15-27(20)17-19-10-7-11-21(30-2)23(19)31-3/h4-11,20H,12-17H2,1-3H3,(H,25,29)/t20-/m1/s1. The van der Waals surface area contributed by atoms with Crippen LogP contribution in [0, 0.1) is 0 Å². The third-order valence-corrected chi connectivity index (χ3v) is 5.67. The zero-order chi connectivity index (χ0) is 22.2. The van der Waals surface area contributed by atoms with Crippen molar-refractivity contribution in [2.24, 2.45) is 0 Å². The number of methoxy groups -OCH3 is 2. The van der Waals surface area contributed by atoms with Crippen LogP contribution in [0.2, 0.25) is 0 Å². The Hall–Kier alpha value is -3.06. The first-order chi connectivity index (χ1) is 15.0. The molecule has 1 N–H and O–H groups in total. The second kappa shape index (κ2) is 10.8. The minimum Gasteiger partial charge on any atom is -0.493 e. The molecule has 2 amide bonds. The van der Waals surface area contributed by atoms with E-state index < -0.39 is 6.04 Å². The predicted octanol–water partition coefficient (Wildman–Crippen LogP) is 2.10. The molecular weight excluding hydrogens is 394 g/mol. The number of nitrogens with zero attached hydrogens (tertiary/aromatic N) is 2. The predicted molar refractivity (Wildman–Crippen MR) is 119 cm³/mol. The van der Waals surface area contributed by atoms with E-state index in [1.807, 2.05) is 41.3 Å². The van der Waals surface area contributed by atoms with Crippen molar-refractivity contribution in [2.75, 3.05) is 40.9 Å². The summed E-state index contributed by atoms with van der Waals surface area (Å²) in [4.78, 5) is 29.3. The summed E-state index contributed by atoms with van der Waals surface area (Å²) in [5.74, 6) is 1.15. The lowest BCUT2D eigenvalue weighted by atomic mass is 10.1. The molecule has 1 aliphatic rings. The van der Waals surface area contributed by atoms with Crippen LogP contribution in [0.4, 0.5) is 0 Å². The number of nitrogens with one attached hydrogen (secondary N) is 1. The van der Waals surface area contributed by atoms with Gasteiger partial charge in [-0.2, -0.15) is 0 Å². The maximum atomic E-state index is 12.9. The third kappa shape index (κ3) is 5.76. The smallest absolute Gasteiger partial charge is 0.237 e. The van der Waals surface area contributed by atoms with Gasteiger partial charge in [0.25, 0.3) is 0 Å². The van der Waals surface area contributed by atoms with Gasteiger partial charge < -0.3 is 19.7 Å². The fraction of sp³-hybridized carbons (Fsp3) is 0.417. The first-order valence-corrected chi connectivity index (χ1v) is 10.5. The summed E-state index contributed by atoms with van der Waals surface area (Å²) in [5.41, 5.74) is 2.11. The van der Waals surface area contributed by atoms with Crippen LogP contribution in [0.3, 0.4) is 0 Å². The Morgan fingerprint density at radius 3 is 2.61 bits per heavy atom. The van der Waals surface area contributed by atoms with Crippen LogP contribution in [0.5, 0.6) is 11.5 Å². The van der Waals surface area contributed by atoms with Crippen molar-refractivity contribution in [3.63, 3.8) is 0 Å². The molecular formula is C24H31N3O4. The highest BCUT2D eigenvalue weighted by atomic mass is 16.5. The highest BCUT2D eigenvalue weighted by molar-refractivity contribution is 5.88. The van der Waals surface area contributed by atoms with E-state index >= 15 is 0 Å². The molecule has 31 heavy (non-hydrogen) atoms. The summed E-state index contributed by atoms with van der Waals surface area (Å²) in [7, 11) is 5.00. The summed E-state index contributed by atoms with van der Waals surface area (Å²) in [6, 6.07) is 15.3. The molecule has 0 aromatic heterocycles. The maximum Gasteiger partial charge on any atom is 0.237 e. The average Bonchev–Trinajstić information content (AvgIpc) is 2.80. The number of hydrogen-bond donors (Lipinski definition) is 1. The molecule has 3 rings (SSSR count). The Morgan fingerprint density at radius 1 is 1.13 bits per heavy atom. The molecule has 1 saturated heterocycles. The zero-order valence-corrected chi connectivity index (χ0v) is 18.5. The Bertz CT molecular complexity index is 888. The lowest BCUT2D eigenvalue weighted by molar-refractivity contribution is -0.138. The van der Waals surface area contributed by atoms with Crippen LogP contribution < -0.4 is 14.8 Å². The van der Waals surface area contributed by atoms with Crippen molar-refractivity contribution >= 4 is 11.8 Å². The number of benzene rings is 2. The van der Waals surface area contributed by atoms with Gasteiger partial charge in [0.2, 0.25) is 11.8 Å². The van der Waals surface area contributed by atoms with Crippen molar-refractivity contribution in [3.05, 3.63) is 59.7 Å². The van der Waals surface area contributed by atoms with E-state index in [2.05, 4.69) is 17.4 Å². The van der Waals surface area contributed by atoms with E-state index in [0.29, 0.717) is 37.7 Å². The minimum absolute atomic E-state index is 0.0411. The fourth-order valence-corrected chi connectivity index (χ4v) is 3.86. The topological polar surface area (TPSA) is 71.1 Å². The van der Waals surface area contributed by atoms with E-state index in [-0.39, 0.29) is 18.2 Å². The van der Waals surface area contributed by atoms with Crippen molar-refractivity contribution in [2.45, 2.75) is 25.4 Å². The Labute approximate surface area is 183 Å². The number of carbonyl (C=O) groups excluding carboxylic acids is 2. The molecule has 1 fully saturated rings. The average molecular weight is 426 g/mol. The summed E-state index contributed by atoms with van der Waals surface area (Å²) >= 11 is 0. The highest BCUT2D eigenvalue weighted by Gasteiger charge is 2.33. The Kier molecular flexibility index (Phi) is 7.89. The number of likely N-dealkylation sites (N-methyl/N-ethyl adjacent to an activating group) is 1. The third-order valence-electron chi connectivity index (χ3n) is 5.67. The van der Waals surface area contributed by atoms with Crippen LogP contribution in [-0.2, 0) is 22.6 Å². The number of amides is 2. The summed E-state index contributed by atoms with van der Waals surface area (Å²) in [6.45, 7) is 2.33. The molecule has 166 valence electrons. The van der Waals surface area contributed by atoms with Gasteiger partial charge in [-0.1, -0.05) is 42.5 Å². The maximum absolute atomic E-state index is 12.9. The molecule has 0 radical (unpaired) electrons. The Morgan fingerprint density at radius 2 is 1.90 bits per heavy atom. The van der Waals surface area contributed by atoms with Gasteiger partial charge in [-0.05, 0) is 18.1 Å². The number of piperazine rings is 1. The summed E-state index contributed by atoms with van der Waals surface area (Å²) in [6.07, 6.45) is 0.925. The van der Waals surface area contributed by atoms with Gasteiger partial charge in [0.05, 0.1) is 26.7 Å². The van der Waals surface area contributed by atoms with Crippen LogP contribution in [0.15, 0.2) is 48.5 Å². The van der Waals surface area contributed by atoms with Gasteiger partial charge >= 0.3 is 0 Å². The lowest BCUT2D eigenvalue weighted by Crippen LogP contribution is -2.56. The van der Waals surface area contributed by atoms with Gasteiger partial charge in [0, 0.05) is 38.8 Å². The second-order valence-electron chi connectivity index (χ2n) is 7.68. The van der Waals surface area contributed by atoms with Crippen LogP contribution in [0.1, 0.15) is 17.5 Å². The fourth-order valence-electron chi connectivity index (χ4n) is 3.86. The molecule has 0 spiro atoms. The van der Waals surface area contributed by atoms with Crippen molar-refractivity contribution in [1.82, 2.24) is 15.1 Å². The molecule has 2 aromatic carbocycles. The van der Waals surface area contributed by atoms with Crippen molar-refractivity contribution < 1.29 is 19.1 Å². The van der Waals surface area contributed by atoms with Gasteiger partial charge in [-0.3, -0.25) is 14.5 Å². The largest absolute Gasteiger partial charge is 0.493 e. The Balaban J connectivity index is 1.66. The second-order valence-corrected chi connectivity index (χ2v) is 7.68.